The van der Waals surface area contributed by atoms with E-state index in [0.717, 1.165) is 12.1 Å². The highest BCUT2D eigenvalue weighted by molar-refractivity contribution is 7.13. The zero-order chi connectivity index (χ0) is 15.5. The first-order valence-corrected chi connectivity index (χ1v) is 6.92. The van der Waals surface area contributed by atoms with Crippen molar-refractivity contribution in [3.05, 3.63) is 40.4 Å². The third-order valence-electron chi connectivity index (χ3n) is 2.39. The maximum atomic E-state index is 12.9. The highest BCUT2D eigenvalue weighted by atomic mass is 35.5. The molecule has 21 heavy (non-hydrogen) atoms. The highest BCUT2D eigenvalue weighted by Crippen LogP contribution is 2.36. The number of carbonyl (C=O) groups excluding carboxylic acids is 1. The van der Waals surface area contributed by atoms with Crippen molar-refractivity contribution in [2.24, 2.45) is 0 Å². The molecule has 0 atom stereocenters. The fraction of sp³-hybridized carbons (Fsp3) is 0.167. The molecule has 2 aromatic rings. The molecule has 9 heteroatoms. The zero-order valence-electron chi connectivity index (χ0n) is 10.4. The number of nitrogens with one attached hydrogen (secondary N) is 2. The molecule has 0 unspecified atom stereocenters. The van der Waals surface area contributed by atoms with Gasteiger partial charge in [-0.05, 0) is 18.2 Å². The van der Waals surface area contributed by atoms with Gasteiger partial charge in [-0.1, -0.05) is 11.6 Å². The van der Waals surface area contributed by atoms with Crippen LogP contribution in [-0.4, -0.2) is 17.4 Å². The van der Waals surface area contributed by atoms with Crippen molar-refractivity contribution in [2.75, 3.05) is 17.2 Å². The third-order valence-corrected chi connectivity index (χ3v) is 3.36. The molecule has 1 aromatic heterocycles. The fourth-order valence-corrected chi connectivity index (χ4v) is 2.22. The van der Waals surface area contributed by atoms with Crippen LogP contribution in [0.4, 0.5) is 24.0 Å². The maximum Gasteiger partial charge on any atom is 0.418 e. The molecule has 1 amide bonds. The monoisotopic (exact) mass is 335 g/mol. The zero-order valence-corrected chi connectivity index (χ0v) is 11.9. The molecule has 0 aliphatic rings. The lowest BCUT2D eigenvalue weighted by atomic mass is 10.1. The number of anilines is 2. The summed E-state index contributed by atoms with van der Waals surface area (Å²) in [6, 6.07) is 3.17. The van der Waals surface area contributed by atoms with Gasteiger partial charge in [-0.15, -0.1) is 11.3 Å². The Bertz CT molecular complexity index is 631. The van der Waals surface area contributed by atoms with Gasteiger partial charge in [-0.3, -0.25) is 4.79 Å². The summed E-state index contributed by atoms with van der Waals surface area (Å²) in [5, 5.41) is 7.07. The molecule has 1 aromatic carbocycles. The Morgan fingerprint density at radius 1 is 1.38 bits per heavy atom. The molecule has 2 rings (SSSR count). The van der Waals surface area contributed by atoms with Crippen molar-refractivity contribution in [3.8, 4) is 0 Å². The van der Waals surface area contributed by atoms with E-state index in [1.165, 1.54) is 17.4 Å². The standard InChI is InChI=1S/C12H9ClF3N3OS/c13-7-1-2-9(8(5-7)12(14,15)16)19-10(20)6-18-11-17-3-4-21-11/h1-5H,6H2,(H,17,18)(H,19,20). The van der Waals surface area contributed by atoms with Crippen molar-refractivity contribution < 1.29 is 18.0 Å². The molecule has 4 nitrogen and oxygen atoms in total. The van der Waals surface area contributed by atoms with E-state index in [0.29, 0.717) is 5.13 Å². The molecule has 0 fully saturated rings. The highest BCUT2D eigenvalue weighted by Gasteiger charge is 2.34. The van der Waals surface area contributed by atoms with Crippen LogP contribution in [-0.2, 0) is 11.0 Å². The van der Waals surface area contributed by atoms with E-state index < -0.39 is 17.6 Å². The van der Waals surface area contributed by atoms with Crippen LogP contribution in [0.5, 0.6) is 0 Å². The number of rotatable bonds is 4. The minimum atomic E-state index is -4.60. The molecule has 0 spiro atoms. The van der Waals surface area contributed by atoms with E-state index in [9.17, 15) is 18.0 Å². The number of thiazole rings is 1. The quantitative estimate of drug-likeness (QED) is 0.892. The van der Waals surface area contributed by atoms with Gasteiger partial charge in [0.2, 0.25) is 5.91 Å². The summed E-state index contributed by atoms with van der Waals surface area (Å²) in [7, 11) is 0. The van der Waals surface area contributed by atoms with E-state index in [2.05, 4.69) is 15.6 Å². The summed E-state index contributed by atoms with van der Waals surface area (Å²) >= 11 is 6.84. The number of alkyl halides is 3. The molecule has 1 heterocycles. The van der Waals surface area contributed by atoms with Gasteiger partial charge in [-0.25, -0.2) is 4.98 Å². The van der Waals surface area contributed by atoms with E-state index in [4.69, 9.17) is 11.6 Å². The van der Waals surface area contributed by atoms with E-state index in [1.54, 1.807) is 11.6 Å². The maximum absolute atomic E-state index is 12.9. The van der Waals surface area contributed by atoms with Crippen LogP contribution in [0.3, 0.4) is 0 Å². The summed E-state index contributed by atoms with van der Waals surface area (Å²) in [6.45, 7) is -0.187. The number of aromatic nitrogens is 1. The number of carbonyl (C=O) groups is 1. The lowest BCUT2D eigenvalue weighted by Gasteiger charge is -2.14. The second-order valence-corrected chi connectivity index (χ2v) is 5.26. The molecule has 0 aliphatic carbocycles. The number of halogens is 4. The van der Waals surface area contributed by atoms with E-state index in [1.807, 2.05) is 0 Å². The SMILES string of the molecule is O=C(CNc1nccs1)Nc1ccc(Cl)cc1C(F)(F)F. The molecule has 0 aliphatic heterocycles. The first kappa shape index (κ1) is 15.6. The van der Waals surface area contributed by atoms with Crippen molar-refractivity contribution in [2.45, 2.75) is 6.18 Å². The van der Waals surface area contributed by atoms with Crippen LogP contribution in [0.15, 0.2) is 29.8 Å². The van der Waals surface area contributed by atoms with Gasteiger partial charge in [0.05, 0.1) is 17.8 Å². The summed E-state index contributed by atoms with van der Waals surface area (Å²) < 4.78 is 38.6. The molecule has 2 N–H and O–H groups in total. The first-order valence-electron chi connectivity index (χ1n) is 5.66. The minimum absolute atomic E-state index is 0.0544. The second kappa shape index (κ2) is 6.31. The summed E-state index contributed by atoms with van der Waals surface area (Å²) in [5.74, 6) is -0.613. The van der Waals surface area contributed by atoms with Gasteiger partial charge in [0, 0.05) is 16.6 Å². The second-order valence-electron chi connectivity index (χ2n) is 3.93. The van der Waals surface area contributed by atoms with Gasteiger partial charge in [-0.2, -0.15) is 13.2 Å². The lowest BCUT2D eigenvalue weighted by molar-refractivity contribution is -0.137. The van der Waals surface area contributed by atoms with Crippen LogP contribution >= 0.6 is 22.9 Å². The van der Waals surface area contributed by atoms with Crippen LogP contribution < -0.4 is 10.6 Å². The van der Waals surface area contributed by atoms with Gasteiger partial charge >= 0.3 is 6.18 Å². The van der Waals surface area contributed by atoms with Gasteiger partial charge < -0.3 is 10.6 Å². The Morgan fingerprint density at radius 3 is 2.76 bits per heavy atom. The average molecular weight is 336 g/mol. The van der Waals surface area contributed by atoms with Gasteiger partial charge in [0.1, 0.15) is 0 Å². The number of nitrogens with zero attached hydrogens (tertiary/aromatic N) is 1. The number of amides is 1. The van der Waals surface area contributed by atoms with Crippen molar-refractivity contribution in [1.29, 1.82) is 0 Å². The first-order chi connectivity index (χ1) is 9.86. The van der Waals surface area contributed by atoms with Crippen molar-refractivity contribution in [3.63, 3.8) is 0 Å². The van der Waals surface area contributed by atoms with E-state index >= 15 is 0 Å². The van der Waals surface area contributed by atoms with Crippen molar-refractivity contribution >= 4 is 39.7 Å². The van der Waals surface area contributed by atoms with Crippen molar-refractivity contribution in [1.82, 2.24) is 4.98 Å². The normalized spacial score (nSPS) is 11.2. The Labute approximate surface area is 127 Å². The van der Waals surface area contributed by atoms with Gasteiger partial charge in [0.15, 0.2) is 5.13 Å². The Kier molecular flexibility index (Phi) is 4.69. The third kappa shape index (κ3) is 4.33. The van der Waals surface area contributed by atoms with Crippen LogP contribution in [0, 0.1) is 0 Å². The van der Waals surface area contributed by atoms with Crippen LogP contribution in [0.1, 0.15) is 5.56 Å². The molecule has 0 saturated carbocycles. The predicted octanol–water partition coefficient (Wildman–Crippen LogP) is 3.87. The minimum Gasteiger partial charge on any atom is -0.352 e. The average Bonchev–Trinajstić information content (AvgIpc) is 2.90. The van der Waals surface area contributed by atoms with Crippen LogP contribution in [0.2, 0.25) is 5.02 Å². The number of benzene rings is 1. The Balaban J connectivity index is 2.06. The summed E-state index contributed by atoms with van der Waals surface area (Å²) in [4.78, 5) is 15.6. The smallest absolute Gasteiger partial charge is 0.352 e. The predicted molar refractivity (Wildman–Crippen MR) is 75.7 cm³/mol. The van der Waals surface area contributed by atoms with E-state index in [-0.39, 0.29) is 17.3 Å². The molecule has 0 bridgehead atoms. The topological polar surface area (TPSA) is 54.0 Å². The number of hydrogen-bond acceptors (Lipinski definition) is 4. The van der Waals surface area contributed by atoms with Gasteiger partial charge in [0.25, 0.3) is 0 Å². The largest absolute Gasteiger partial charge is 0.418 e. The molecular formula is C12H9ClF3N3OS. The molecule has 0 radical (unpaired) electrons. The summed E-state index contributed by atoms with van der Waals surface area (Å²) in [5.41, 5.74) is -1.32. The fourth-order valence-electron chi connectivity index (χ4n) is 1.52. The Morgan fingerprint density at radius 2 is 2.14 bits per heavy atom. The summed E-state index contributed by atoms with van der Waals surface area (Å²) in [6.07, 6.45) is -3.05. The lowest BCUT2D eigenvalue weighted by Crippen LogP contribution is -2.23. The molecule has 0 saturated heterocycles. The molecule has 112 valence electrons. The number of hydrogen-bond donors (Lipinski definition) is 2. The molecular weight excluding hydrogens is 327 g/mol. The Hall–Kier alpha value is -1.80. The van der Waals surface area contributed by atoms with Crippen LogP contribution in [0.25, 0.3) is 0 Å².